The highest BCUT2D eigenvalue weighted by molar-refractivity contribution is 5.95. The molecule has 1 aromatic rings. The molecular weight excluding hydrogens is 244 g/mol. The molecule has 17 heavy (non-hydrogen) atoms. The van der Waals surface area contributed by atoms with Gasteiger partial charge >= 0.3 is 5.97 Å². The van der Waals surface area contributed by atoms with E-state index in [0.717, 1.165) is 6.42 Å². The lowest BCUT2D eigenvalue weighted by Gasteiger charge is -2.20. The highest BCUT2D eigenvalue weighted by atomic mass is 35.5. The maximum absolute atomic E-state index is 12.0. The maximum atomic E-state index is 12.0. The van der Waals surface area contributed by atoms with Crippen molar-refractivity contribution in [1.29, 1.82) is 0 Å². The van der Waals surface area contributed by atoms with Crippen LogP contribution in [0.15, 0.2) is 24.4 Å². The molecule has 0 saturated carbocycles. The number of carboxylic acid groups (broad SMARTS) is 1. The van der Waals surface area contributed by atoms with Gasteiger partial charge in [0.1, 0.15) is 11.7 Å². The van der Waals surface area contributed by atoms with Gasteiger partial charge in [0.25, 0.3) is 5.91 Å². The number of amides is 1. The first-order chi connectivity index (χ1) is 7.70. The van der Waals surface area contributed by atoms with Gasteiger partial charge in [-0.1, -0.05) is 6.07 Å². The molecule has 1 N–H and O–H groups in total. The lowest BCUT2D eigenvalue weighted by Crippen LogP contribution is -2.40. The Morgan fingerprint density at radius 1 is 1.41 bits per heavy atom. The van der Waals surface area contributed by atoms with Gasteiger partial charge in [-0.2, -0.15) is 0 Å². The van der Waals surface area contributed by atoms with E-state index in [4.69, 9.17) is 5.11 Å². The van der Waals surface area contributed by atoms with Crippen molar-refractivity contribution >= 4 is 24.3 Å². The lowest BCUT2D eigenvalue weighted by atomic mass is 10.2. The minimum Gasteiger partial charge on any atom is -0.480 e. The van der Waals surface area contributed by atoms with Crippen LogP contribution in [-0.4, -0.2) is 39.5 Å². The first-order valence-corrected chi connectivity index (χ1v) is 5.15. The Kier molecular flexibility index (Phi) is 4.45. The van der Waals surface area contributed by atoms with E-state index < -0.39 is 12.0 Å². The molecule has 2 heterocycles. The van der Waals surface area contributed by atoms with Crippen LogP contribution in [0.2, 0.25) is 0 Å². The van der Waals surface area contributed by atoms with E-state index in [1.54, 1.807) is 18.2 Å². The smallest absolute Gasteiger partial charge is 0.326 e. The van der Waals surface area contributed by atoms with E-state index in [1.165, 1.54) is 11.1 Å². The Bertz CT molecular complexity index is 410. The van der Waals surface area contributed by atoms with E-state index in [0.29, 0.717) is 18.7 Å². The van der Waals surface area contributed by atoms with Crippen LogP contribution in [0.25, 0.3) is 0 Å². The van der Waals surface area contributed by atoms with Gasteiger partial charge in [-0.3, -0.25) is 9.78 Å². The molecule has 92 valence electrons. The van der Waals surface area contributed by atoms with E-state index in [2.05, 4.69) is 4.98 Å². The second-order valence-corrected chi connectivity index (χ2v) is 3.71. The molecule has 2 rings (SSSR count). The van der Waals surface area contributed by atoms with E-state index in [-0.39, 0.29) is 18.3 Å². The maximum Gasteiger partial charge on any atom is 0.326 e. The van der Waals surface area contributed by atoms with Crippen molar-refractivity contribution in [2.75, 3.05) is 6.54 Å². The number of likely N-dealkylation sites (tertiary alicyclic amines) is 1. The summed E-state index contributed by atoms with van der Waals surface area (Å²) in [5.74, 6) is -1.24. The van der Waals surface area contributed by atoms with Gasteiger partial charge in [0.05, 0.1) is 0 Å². The summed E-state index contributed by atoms with van der Waals surface area (Å²) in [6.07, 6.45) is 2.78. The Hall–Kier alpha value is -1.62. The number of halogens is 1. The first kappa shape index (κ1) is 13.4. The van der Waals surface area contributed by atoms with Crippen LogP contribution >= 0.6 is 12.4 Å². The zero-order valence-electron chi connectivity index (χ0n) is 9.07. The van der Waals surface area contributed by atoms with Gasteiger partial charge in [0, 0.05) is 12.7 Å². The summed E-state index contributed by atoms with van der Waals surface area (Å²) < 4.78 is 0. The van der Waals surface area contributed by atoms with Crippen molar-refractivity contribution in [3.63, 3.8) is 0 Å². The number of carbonyl (C=O) groups is 2. The Morgan fingerprint density at radius 3 is 2.76 bits per heavy atom. The topological polar surface area (TPSA) is 70.5 Å². The fourth-order valence-corrected chi connectivity index (χ4v) is 1.90. The molecule has 5 nitrogen and oxygen atoms in total. The molecule has 1 saturated heterocycles. The van der Waals surface area contributed by atoms with Crippen LogP contribution in [0.4, 0.5) is 0 Å². The van der Waals surface area contributed by atoms with Crippen molar-refractivity contribution < 1.29 is 14.7 Å². The summed E-state index contributed by atoms with van der Waals surface area (Å²) in [4.78, 5) is 28.2. The largest absolute Gasteiger partial charge is 0.480 e. The number of rotatable bonds is 2. The summed E-state index contributed by atoms with van der Waals surface area (Å²) in [6.45, 7) is 0.492. The zero-order valence-corrected chi connectivity index (χ0v) is 9.89. The van der Waals surface area contributed by atoms with Crippen LogP contribution in [0.1, 0.15) is 23.3 Å². The molecule has 6 heteroatoms. The quantitative estimate of drug-likeness (QED) is 0.863. The lowest BCUT2D eigenvalue weighted by molar-refractivity contribution is -0.141. The van der Waals surface area contributed by atoms with Crippen LogP contribution < -0.4 is 0 Å². The first-order valence-electron chi connectivity index (χ1n) is 5.15. The summed E-state index contributed by atoms with van der Waals surface area (Å²) in [5, 5.41) is 8.97. The SMILES string of the molecule is Cl.O=C(O)C1CCCN1C(=O)c1ccccn1. The average Bonchev–Trinajstić information content (AvgIpc) is 2.78. The average molecular weight is 257 g/mol. The van der Waals surface area contributed by atoms with Crippen molar-refractivity contribution in [1.82, 2.24) is 9.88 Å². The molecule has 0 bridgehead atoms. The number of hydrogen-bond donors (Lipinski definition) is 1. The highest BCUT2D eigenvalue weighted by Crippen LogP contribution is 2.19. The van der Waals surface area contributed by atoms with Crippen LogP contribution in [0.5, 0.6) is 0 Å². The number of aliphatic carboxylic acids is 1. The molecule has 1 amide bonds. The Morgan fingerprint density at radius 2 is 2.18 bits per heavy atom. The third-order valence-electron chi connectivity index (χ3n) is 2.68. The van der Waals surface area contributed by atoms with E-state index in [1.807, 2.05) is 0 Å². The van der Waals surface area contributed by atoms with E-state index in [9.17, 15) is 9.59 Å². The number of carbonyl (C=O) groups excluding carboxylic acids is 1. The molecule has 1 aliphatic heterocycles. The summed E-state index contributed by atoms with van der Waals surface area (Å²) in [5.41, 5.74) is 0.302. The second kappa shape index (κ2) is 5.63. The number of aromatic nitrogens is 1. The highest BCUT2D eigenvalue weighted by Gasteiger charge is 2.34. The minimum absolute atomic E-state index is 0. The Balaban J connectivity index is 0.00000144. The molecule has 1 aliphatic rings. The molecule has 0 spiro atoms. The van der Waals surface area contributed by atoms with Gasteiger partial charge in [-0.25, -0.2) is 4.79 Å². The second-order valence-electron chi connectivity index (χ2n) is 3.71. The third-order valence-corrected chi connectivity index (χ3v) is 2.68. The van der Waals surface area contributed by atoms with Crippen LogP contribution in [0.3, 0.4) is 0 Å². The summed E-state index contributed by atoms with van der Waals surface area (Å²) in [7, 11) is 0. The molecular formula is C11H13ClN2O3. The van der Waals surface area contributed by atoms with Gasteiger partial charge < -0.3 is 10.0 Å². The van der Waals surface area contributed by atoms with E-state index >= 15 is 0 Å². The van der Waals surface area contributed by atoms with Crippen LogP contribution in [0, 0.1) is 0 Å². The molecule has 1 fully saturated rings. The van der Waals surface area contributed by atoms with Gasteiger partial charge in [0.2, 0.25) is 0 Å². The van der Waals surface area contributed by atoms with Crippen molar-refractivity contribution in [2.24, 2.45) is 0 Å². The molecule has 1 aromatic heterocycles. The monoisotopic (exact) mass is 256 g/mol. The fourth-order valence-electron chi connectivity index (χ4n) is 1.90. The zero-order chi connectivity index (χ0) is 11.5. The molecule has 0 aromatic carbocycles. The number of carboxylic acids is 1. The van der Waals surface area contributed by atoms with Crippen LogP contribution in [-0.2, 0) is 4.79 Å². The molecule has 1 atom stereocenters. The molecule has 0 radical (unpaired) electrons. The van der Waals surface area contributed by atoms with Crippen molar-refractivity contribution in [3.8, 4) is 0 Å². The minimum atomic E-state index is -0.943. The molecule has 0 aliphatic carbocycles. The Labute approximate surface area is 105 Å². The standard InChI is InChI=1S/C11H12N2O3.ClH/c14-10(8-4-1-2-6-12-8)13-7-3-5-9(13)11(15)16;/h1-2,4,6,9H,3,5,7H2,(H,15,16);1H. The van der Waals surface area contributed by atoms with Crippen molar-refractivity contribution in [2.45, 2.75) is 18.9 Å². The summed E-state index contributed by atoms with van der Waals surface area (Å²) in [6, 6.07) is 4.33. The molecule has 1 unspecified atom stereocenters. The predicted molar refractivity (Wildman–Crippen MR) is 63.2 cm³/mol. The predicted octanol–water partition coefficient (Wildman–Crippen LogP) is 1.19. The fraction of sp³-hybridized carbons (Fsp3) is 0.364. The number of pyridine rings is 1. The normalized spacial score (nSPS) is 18.6. The summed E-state index contributed by atoms with van der Waals surface area (Å²) >= 11 is 0. The van der Waals surface area contributed by atoms with Gasteiger partial charge in [-0.05, 0) is 25.0 Å². The van der Waals surface area contributed by atoms with Gasteiger partial charge in [0.15, 0.2) is 0 Å². The van der Waals surface area contributed by atoms with Crippen molar-refractivity contribution in [3.05, 3.63) is 30.1 Å². The number of nitrogens with zero attached hydrogens (tertiary/aromatic N) is 2. The third kappa shape index (κ3) is 2.74. The van der Waals surface area contributed by atoms with Gasteiger partial charge in [-0.15, -0.1) is 12.4 Å². The number of hydrogen-bond acceptors (Lipinski definition) is 3.